The van der Waals surface area contributed by atoms with E-state index in [0.29, 0.717) is 13.2 Å². The van der Waals surface area contributed by atoms with Gasteiger partial charge in [0.05, 0.1) is 13.0 Å². The van der Waals surface area contributed by atoms with Gasteiger partial charge in [-0.15, -0.1) is 0 Å². The molecule has 0 aromatic heterocycles. The first kappa shape index (κ1) is 18.9. The molecule has 0 radical (unpaired) electrons. The van der Waals surface area contributed by atoms with Gasteiger partial charge in [0.1, 0.15) is 0 Å². The van der Waals surface area contributed by atoms with Crippen molar-refractivity contribution in [1.29, 1.82) is 0 Å². The van der Waals surface area contributed by atoms with Gasteiger partial charge in [-0.25, -0.2) is 0 Å². The zero-order valence-electron chi connectivity index (χ0n) is 13.4. The number of hydrogen-bond acceptors (Lipinski definition) is 3. The highest BCUT2D eigenvalue weighted by Crippen LogP contribution is 2.06. The zero-order chi connectivity index (χ0) is 15.2. The fourth-order valence-electron chi connectivity index (χ4n) is 1.81. The number of ether oxygens (including phenoxy) is 1. The van der Waals surface area contributed by atoms with Gasteiger partial charge in [-0.05, 0) is 6.42 Å². The lowest BCUT2D eigenvalue weighted by Gasteiger charge is -2.08. The molecule has 0 bridgehead atoms. The van der Waals surface area contributed by atoms with Gasteiger partial charge in [-0.1, -0.05) is 59.3 Å². The lowest BCUT2D eigenvalue weighted by atomic mass is 10.1. The minimum absolute atomic E-state index is 0.0233. The van der Waals surface area contributed by atoms with Crippen LogP contribution in [0.1, 0.15) is 72.1 Å². The maximum Gasteiger partial charge on any atom is 0.307 e. The highest BCUT2D eigenvalue weighted by molar-refractivity contribution is 5.78. The number of unbranched alkanes of at least 4 members (excludes halogenated alkanes) is 6. The second kappa shape index (κ2) is 12.9. The summed E-state index contributed by atoms with van der Waals surface area (Å²) in [6, 6.07) is 0. The number of esters is 1. The van der Waals surface area contributed by atoms with Gasteiger partial charge in [0, 0.05) is 12.5 Å². The first-order valence-electron chi connectivity index (χ1n) is 8.01. The second-order valence-corrected chi connectivity index (χ2v) is 5.54. The van der Waals surface area contributed by atoms with Crippen molar-refractivity contribution in [2.45, 2.75) is 72.1 Å². The predicted molar refractivity (Wildman–Crippen MR) is 81.4 cm³/mol. The first-order valence-corrected chi connectivity index (χ1v) is 8.01. The lowest BCUT2D eigenvalue weighted by Crippen LogP contribution is -2.30. The van der Waals surface area contributed by atoms with Crippen LogP contribution in [0.15, 0.2) is 0 Å². The molecule has 0 aliphatic rings. The standard InChI is InChI=1S/C16H31NO3/c1-4-5-6-7-8-9-10-13-20-15(18)11-12-17-16(19)14(2)3/h14H,4-13H2,1-3H3,(H,17,19). The lowest BCUT2D eigenvalue weighted by molar-refractivity contribution is -0.143. The van der Waals surface area contributed by atoms with E-state index in [-0.39, 0.29) is 24.2 Å². The largest absolute Gasteiger partial charge is 0.466 e. The van der Waals surface area contributed by atoms with Crippen molar-refractivity contribution in [2.75, 3.05) is 13.2 Å². The second-order valence-electron chi connectivity index (χ2n) is 5.54. The molecule has 4 nitrogen and oxygen atoms in total. The molecule has 0 saturated heterocycles. The Morgan fingerprint density at radius 3 is 2.20 bits per heavy atom. The molecular formula is C16H31NO3. The molecule has 0 aliphatic carbocycles. The molecule has 1 amide bonds. The van der Waals surface area contributed by atoms with E-state index in [1.54, 1.807) is 0 Å². The molecule has 0 aromatic carbocycles. The van der Waals surface area contributed by atoms with Crippen LogP contribution in [0.25, 0.3) is 0 Å². The molecule has 0 atom stereocenters. The van der Waals surface area contributed by atoms with Crippen LogP contribution in [0.4, 0.5) is 0 Å². The number of amides is 1. The first-order chi connectivity index (χ1) is 9.57. The summed E-state index contributed by atoms with van der Waals surface area (Å²) >= 11 is 0. The number of carbonyl (C=O) groups is 2. The molecule has 0 fully saturated rings. The van der Waals surface area contributed by atoms with Gasteiger partial charge in [0.25, 0.3) is 0 Å². The van der Waals surface area contributed by atoms with E-state index in [0.717, 1.165) is 12.8 Å². The fourth-order valence-corrected chi connectivity index (χ4v) is 1.81. The quantitative estimate of drug-likeness (QED) is 0.441. The molecule has 0 saturated carbocycles. The van der Waals surface area contributed by atoms with Crippen LogP contribution < -0.4 is 5.32 Å². The third-order valence-electron chi connectivity index (χ3n) is 3.16. The Morgan fingerprint density at radius 1 is 1.00 bits per heavy atom. The van der Waals surface area contributed by atoms with Crippen LogP contribution in [-0.2, 0) is 14.3 Å². The van der Waals surface area contributed by atoms with Crippen molar-refractivity contribution >= 4 is 11.9 Å². The summed E-state index contributed by atoms with van der Waals surface area (Å²) in [5.41, 5.74) is 0. The Kier molecular flexibility index (Phi) is 12.3. The molecule has 0 rings (SSSR count). The normalized spacial score (nSPS) is 10.6. The number of rotatable bonds is 12. The summed E-state index contributed by atoms with van der Waals surface area (Å²) in [5.74, 6) is -0.288. The van der Waals surface area contributed by atoms with E-state index in [1.165, 1.54) is 32.1 Å². The highest BCUT2D eigenvalue weighted by atomic mass is 16.5. The topological polar surface area (TPSA) is 55.4 Å². The molecule has 0 heterocycles. The summed E-state index contributed by atoms with van der Waals surface area (Å²) in [7, 11) is 0. The Hall–Kier alpha value is -1.06. The van der Waals surface area contributed by atoms with E-state index in [9.17, 15) is 9.59 Å². The highest BCUT2D eigenvalue weighted by Gasteiger charge is 2.07. The van der Waals surface area contributed by atoms with E-state index < -0.39 is 0 Å². The van der Waals surface area contributed by atoms with Crippen molar-refractivity contribution in [3.05, 3.63) is 0 Å². The Bertz CT molecular complexity index is 264. The average Bonchev–Trinajstić information content (AvgIpc) is 2.41. The van der Waals surface area contributed by atoms with Gasteiger partial charge in [-0.3, -0.25) is 9.59 Å². The molecule has 0 spiro atoms. The fraction of sp³-hybridized carbons (Fsp3) is 0.875. The van der Waals surface area contributed by atoms with Crippen molar-refractivity contribution in [3.63, 3.8) is 0 Å². The van der Waals surface area contributed by atoms with E-state index in [1.807, 2.05) is 13.8 Å². The van der Waals surface area contributed by atoms with Gasteiger partial charge in [-0.2, -0.15) is 0 Å². The smallest absolute Gasteiger partial charge is 0.307 e. The van der Waals surface area contributed by atoms with Gasteiger partial charge in [0.2, 0.25) is 5.91 Å². The van der Waals surface area contributed by atoms with Crippen LogP contribution >= 0.6 is 0 Å². The molecule has 20 heavy (non-hydrogen) atoms. The van der Waals surface area contributed by atoms with Crippen LogP contribution in [0.2, 0.25) is 0 Å². The van der Waals surface area contributed by atoms with Crippen LogP contribution in [0, 0.1) is 5.92 Å². The zero-order valence-corrected chi connectivity index (χ0v) is 13.4. The Balaban J connectivity index is 3.31. The third kappa shape index (κ3) is 12.0. The molecule has 0 aromatic rings. The van der Waals surface area contributed by atoms with Crippen molar-refractivity contribution in [3.8, 4) is 0 Å². The minimum atomic E-state index is -0.222. The summed E-state index contributed by atoms with van der Waals surface area (Å²) in [5, 5.41) is 2.70. The SMILES string of the molecule is CCCCCCCCCOC(=O)CCNC(=O)C(C)C. The Morgan fingerprint density at radius 2 is 1.60 bits per heavy atom. The van der Waals surface area contributed by atoms with Gasteiger partial charge < -0.3 is 10.1 Å². The molecule has 1 N–H and O–H groups in total. The number of hydrogen-bond donors (Lipinski definition) is 1. The molecule has 0 unspecified atom stereocenters. The van der Waals surface area contributed by atoms with Crippen molar-refractivity contribution in [1.82, 2.24) is 5.32 Å². The summed E-state index contributed by atoms with van der Waals surface area (Å²) < 4.78 is 5.12. The van der Waals surface area contributed by atoms with E-state index in [4.69, 9.17) is 4.74 Å². The van der Waals surface area contributed by atoms with E-state index in [2.05, 4.69) is 12.2 Å². The van der Waals surface area contributed by atoms with Crippen LogP contribution in [0.3, 0.4) is 0 Å². The molecule has 4 heteroatoms. The third-order valence-corrected chi connectivity index (χ3v) is 3.16. The van der Waals surface area contributed by atoms with Gasteiger partial charge >= 0.3 is 5.97 Å². The van der Waals surface area contributed by atoms with Gasteiger partial charge in [0.15, 0.2) is 0 Å². The van der Waals surface area contributed by atoms with Crippen LogP contribution in [0.5, 0.6) is 0 Å². The molecule has 0 aliphatic heterocycles. The maximum absolute atomic E-state index is 11.4. The van der Waals surface area contributed by atoms with E-state index >= 15 is 0 Å². The predicted octanol–water partition coefficient (Wildman–Crippen LogP) is 3.44. The van der Waals surface area contributed by atoms with Crippen molar-refractivity contribution < 1.29 is 14.3 Å². The minimum Gasteiger partial charge on any atom is -0.466 e. The summed E-state index contributed by atoms with van der Waals surface area (Å²) in [6.07, 6.45) is 8.73. The monoisotopic (exact) mass is 285 g/mol. The molecular weight excluding hydrogens is 254 g/mol. The average molecular weight is 285 g/mol. The number of carbonyl (C=O) groups excluding carboxylic acids is 2. The van der Waals surface area contributed by atoms with Crippen molar-refractivity contribution in [2.24, 2.45) is 5.92 Å². The van der Waals surface area contributed by atoms with Crippen LogP contribution in [-0.4, -0.2) is 25.0 Å². The maximum atomic E-state index is 11.4. The Labute approximate surface area is 123 Å². The summed E-state index contributed by atoms with van der Waals surface area (Å²) in [6.45, 7) is 6.74. The molecule has 118 valence electrons. The number of nitrogens with one attached hydrogen (secondary N) is 1. The summed E-state index contributed by atoms with van der Waals surface area (Å²) in [4.78, 5) is 22.7.